The number of halogens is 2. The van der Waals surface area contributed by atoms with Crippen molar-refractivity contribution in [1.82, 2.24) is 14.3 Å². The average Bonchev–Trinajstić information content (AvgIpc) is 3.28. The number of carboxylic acids is 1. The van der Waals surface area contributed by atoms with E-state index in [0.717, 1.165) is 26.1 Å². The van der Waals surface area contributed by atoms with Crippen molar-refractivity contribution in [3.8, 4) is 28.5 Å². The number of carboxylic acid groups (broad SMARTS) is 1. The molecule has 3 heterocycles. The molecule has 38 heavy (non-hydrogen) atoms. The van der Waals surface area contributed by atoms with Crippen LogP contribution < -0.4 is 14.2 Å². The number of alkyl halides is 2. The molecule has 1 aliphatic rings. The van der Waals surface area contributed by atoms with E-state index < -0.39 is 29.3 Å². The van der Waals surface area contributed by atoms with Gasteiger partial charge < -0.3 is 24.2 Å². The van der Waals surface area contributed by atoms with Gasteiger partial charge in [-0.05, 0) is 49.9 Å². The number of likely N-dealkylation sites (tertiary alicyclic amines) is 1. The summed E-state index contributed by atoms with van der Waals surface area (Å²) in [6.07, 6.45) is 8.19. The standard InChI is InChI=1S/C28H35F2N3O5/c1-28(2,3)24-19(16-21(36-4)23(26(34)35)25(24)38-27(29)30)20-17-31-22-15-18(9-13-33(20)22)37-14-8-12-32-10-6-5-7-11-32/h9,13,15-17,27H,5-8,10-12,14H2,1-4H3,(H,34,35). The lowest BCUT2D eigenvalue weighted by Gasteiger charge is -2.28. The third-order valence-corrected chi connectivity index (χ3v) is 6.73. The highest BCUT2D eigenvalue weighted by atomic mass is 19.3. The second-order valence-electron chi connectivity index (χ2n) is 10.5. The van der Waals surface area contributed by atoms with Crippen molar-refractivity contribution < 1.29 is 32.9 Å². The number of carbonyl (C=O) groups is 1. The summed E-state index contributed by atoms with van der Waals surface area (Å²) < 4.78 is 44.9. The topological polar surface area (TPSA) is 85.5 Å². The van der Waals surface area contributed by atoms with Crippen molar-refractivity contribution in [3.63, 3.8) is 0 Å². The molecule has 0 spiro atoms. The lowest BCUT2D eigenvalue weighted by Crippen LogP contribution is -2.31. The number of aromatic carboxylic acids is 1. The summed E-state index contributed by atoms with van der Waals surface area (Å²) in [7, 11) is 1.29. The summed E-state index contributed by atoms with van der Waals surface area (Å²) in [4.78, 5) is 19.1. The first-order valence-electron chi connectivity index (χ1n) is 12.9. The Balaban J connectivity index is 1.68. The lowest BCUT2D eigenvalue weighted by atomic mass is 9.80. The second kappa shape index (κ2) is 11.6. The number of hydrogen-bond acceptors (Lipinski definition) is 6. The number of rotatable bonds is 10. The van der Waals surface area contributed by atoms with E-state index in [9.17, 15) is 18.7 Å². The smallest absolute Gasteiger partial charge is 0.387 e. The molecule has 1 aliphatic heterocycles. The highest BCUT2D eigenvalue weighted by Gasteiger charge is 2.33. The van der Waals surface area contributed by atoms with Crippen LogP contribution in [0.1, 0.15) is 62.4 Å². The number of methoxy groups -OCH3 is 1. The number of fused-ring (bicyclic) bond motifs is 1. The van der Waals surface area contributed by atoms with E-state index in [1.165, 1.54) is 32.4 Å². The van der Waals surface area contributed by atoms with Gasteiger partial charge >= 0.3 is 12.6 Å². The summed E-state index contributed by atoms with van der Waals surface area (Å²) in [5.41, 5.74) is 0.781. The molecule has 4 rings (SSSR count). The van der Waals surface area contributed by atoms with E-state index in [1.54, 1.807) is 37.6 Å². The van der Waals surface area contributed by atoms with E-state index in [2.05, 4.69) is 9.88 Å². The van der Waals surface area contributed by atoms with Crippen LogP contribution in [0.15, 0.2) is 30.6 Å². The van der Waals surface area contributed by atoms with E-state index >= 15 is 0 Å². The Bertz CT molecular complexity index is 1280. The molecule has 0 amide bonds. The molecule has 0 unspecified atom stereocenters. The van der Waals surface area contributed by atoms with Gasteiger partial charge in [0.15, 0.2) is 0 Å². The van der Waals surface area contributed by atoms with Crippen molar-refractivity contribution >= 4 is 11.6 Å². The maximum Gasteiger partial charge on any atom is 0.387 e. The van der Waals surface area contributed by atoms with Gasteiger partial charge in [0.05, 0.1) is 25.6 Å². The number of benzene rings is 1. The van der Waals surface area contributed by atoms with Gasteiger partial charge in [-0.2, -0.15) is 8.78 Å². The van der Waals surface area contributed by atoms with Gasteiger partial charge in [-0.25, -0.2) is 9.78 Å². The van der Waals surface area contributed by atoms with Crippen LogP contribution in [-0.2, 0) is 5.41 Å². The minimum atomic E-state index is -3.22. The second-order valence-corrected chi connectivity index (χ2v) is 10.5. The number of pyridine rings is 1. The first-order valence-corrected chi connectivity index (χ1v) is 12.9. The number of ether oxygens (including phenoxy) is 3. The molecule has 0 bridgehead atoms. The van der Waals surface area contributed by atoms with Crippen LogP contribution in [0, 0.1) is 0 Å². The molecule has 1 N–H and O–H groups in total. The van der Waals surface area contributed by atoms with Gasteiger partial charge in [-0.3, -0.25) is 4.40 Å². The van der Waals surface area contributed by atoms with Gasteiger partial charge in [-0.15, -0.1) is 0 Å². The monoisotopic (exact) mass is 531 g/mol. The maximum absolute atomic E-state index is 13.5. The first kappa shape index (κ1) is 27.6. The Kier molecular flexibility index (Phi) is 8.40. The Morgan fingerprint density at radius 1 is 1.18 bits per heavy atom. The third kappa shape index (κ3) is 6.01. The number of hydrogen-bond donors (Lipinski definition) is 1. The van der Waals surface area contributed by atoms with E-state index in [4.69, 9.17) is 14.2 Å². The number of nitrogens with zero attached hydrogens (tertiary/aromatic N) is 3. The Labute approximate surface area is 221 Å². The predicted octanol–water partition coefficient (Wildman–Crippen LogP) is 5.86. The molecule has 1 fully saturated rings. The fourth-order valence-corrected chi connectivity index (χ4v) is 5.06. The van der Waals surface area contributed by atoms with Crippen LogP contribution in [0.4, 0.5) is 8.78 Å². The molecule has 0 saturated carbocycles. The van der Waals surface area contributed by atoms with Crippen molar-refractivity contribution in [3.05, 3.63) is 41.7 Å². The van der Waals surface area contributed by atoms with E-state index in [1.807, 2.05) is 12.1 Å². The molecule has 8 nitrogen and oxygen atoms in total. The lowest BCUT2D eigenvalue weighted by molar-refractivity contribution is -0.0514. The summed E-state index contributed by atoms with van der Waals surface area (Å²) in [6, 6.07) is 5.19. The molecule has 10 heteroatoms. The van der Waals surface area contributed by atoms with Crippen LogP contribution in [-0.4, -0.2) is 65.3 Å². The third-order valence-electron chi connectivity index (χ3n) is 6.73. The molecule has 2 aromatic heterocycles. The Morgan fingerprint density at radius 2 is 1.92 bits per heavy atom. The van der Waals surface area contributed by atoms with Crippen molar-refractivity contribution in [1.29, 1.82) is 0 Å². The molecule has 1 saturated heterocycles. The minimum absolute atomic E-state index is 0.0836. The number of imidazole rings is 1. The van der Waals surface area contributed by atoms with Gasteiger partial charge in [-0.1, -0.05) is 27.2 Å². The molecule has 3 aromatic rings. The van der Waals surface area contributed by atoms with E-state index in [-0.39, 0.29) is 5.75 Å². The fraction of sp³-hybridized carbons (Fsp3) is 0.500. The highest BCUT2D eigenvalue weighted by molar-refractivity contribution is 5.97. The van der Waals surface area contributed by atoms with Crippen molar-refractivity contribution in [2.75, 3.05) is 33.4 Å². The quantitative estimate of drug-likeness (QED) is 0.328. The van der Waals surface area contributed by atoms with Crippen molar-refractivity contribution in [2.24, 2.45) is 0 Å². The molecular weight excluding hydrogens is 496 g/mol. The minimum Gasteiger partial charge on any atom is -0.496 e. The number of piperidine rings is 1. The van der Waals surface area contributed by atoms with Gasteiger partial charge in [0, 0.05) is 29.9 Å². The van der Waals surface area contributed by atoms with Crippen LogP contribution in [0.2, 0.25) is 0 Å². The maximum atomic E-state index is 13.5. The highest BCUT2D eigenvalue weighted by Crippen LogP contribution is 2.46. The van der Waals surface area contributed by atoms with Gasteiger partial charge in [0.1, 0.15) is 28.5 Å². The molecule has 0 radical (unpaired) electrons. The normalized spacial score (nSPS) is 14.7. The summed E-state index contributed by atoms with van der Waals surface area (Å²) >= 11 is 0. The summed E-state index contributed by atoms with van der Waals surface area (Å²) in [5.74, 6) is -1.24. The van der Waals surface area contributed by atoms with Crippen LogP contribution >= 0.6 is 0 Å². The van der Waals surface area contributed by atoms with E-state index in [0.29, 0.717) is 34.8 Å². The Hall–Kier alpha value is -3.40. The summed E-state index contributed by atoms with van der Waals surface area (Å²) in [6.45, 7) is 6.12. The van der Waals surface area contributed by atoms with Crippen LogP contribution in [0.5, 0.6) is 17.2 Å². The first-order chi connectivity index (χ1) is 18.1. The molecule has 1 aromatic carbocycles. The largest absolute Gasteiger partial charge is 0.496 e. The van der Waals surface area contributed by atoms with Crippen molar-refractivity contribution in [2.45, 2.75) is 58.5 Å². The molecule has 0 aliphatic carbocycles. The SMILES string of the molecule is COc1cc(-c2cnc3cc(OCCCN4CCCCC4)ccn23)c(C(C)(C)C)c(OC(F)F)c1C(=O)O. The molecule has 0 atom stereocenters. The average molecular weight is 532 g/mol. The number of aromatic nitrogens is 2. The zero-order valence-corrected chi connectivity index (χ0v) is 22.3. The fourth-order valence-electron chi connectivity index (χ4n) is 5.06. The van der Waals surface area contributed by atoms with Crippen LogP contribution in [0.3, 0.4) is 0 Å². The zero-order valence-electron chi connectivity index (χ0n) is 22.3. The molecule has 206 valence electrons. The predicted molar refractivity (Wildman–Crippen MR) is 140 cm³/mol. The van der Waals surface area contributed by atoms with Gasteiger partial charge in [0.25, 0.3) is 0 Å². The summed E-state index contributed by atoms with van der Waals surface area (Å²) in [5, 5.41) is 9.83. The Morgan fingerprint density at radius 3 is 2.55 bits per heavy atom. The zero-order chi connectivity index (χ0) is 27.4. The van der Waals surface area contributed by atoms with Crippen LogP contribution in [0.25, 0.3) is 16.9 Å². The molecular formula is C28H35F2N3O5. The van der Waals surface area contributed by atoms with Gasteiger partial charge in [0.2, 0.25) is 0 Å².